The maximum atomic E-state index is 10.0. The summed E-state index contributed by atoms with van der Waals surface area (Å²) in [5.74, 6) is 0. The van der Waals surface area contributed by atoms with Crippen molar-refractivity contribution in [1.29, 1.82) is 0 Å². The summed E-state index contributed by atoms with van der Waals surface area (Å²) in [4.78, 5) is 0. The summed E-state index contributed by atoms with van der Waals surface area (Å²) in [5, 5.41) is 0. The van der Waals surface area contributed by atoms with Crippen molar-refractivity contribution in [2.45, 2.75) is 19.8 Å². The Morgan fingerprint density at radius 1 is 1.56 bits per heavy atom. The van der Waals surface area contributed by atoms with Crippen LogP contribution in [-0.2, 0) is 13.5 Å². The molecule has 0 bridgehead atoms. The first kappa shape index (κ1) is 9.20. The van der Waals surface area contributed by atoms with E-state index >= 15 is 0 Å². The largest absolute Gasteiger partial charge is 0.355 e. The molecule has 0 saturated carbocycles. The zero-order valence-electron chi connectivity index (χ0n) is 5.13. The molecular weight excluding hydrogens is 164 g/mol. The van der Waals surface area contributed by atoms with Gasteiger partial charge in [-0.05, 0) is 6.42 Å². The molecule has 0 rings (SSSR count). The second-order valence-electron chi connectivity index (χ2n) is 1.57. The summed E-state index contributed by atoms with van der Waals surface area (Å²) in [6, 6.07) is 0. The third-order valence-electron chi connectivity index (χ3n) is 0.722. The van der Waals surface area contributed by atoms with Crippen LogP contribution in [0.15, 0.2) is 0 Å². The van der Waals surface area contributed by atoms with Gasteiger partial charge in [0.2, 0.25) is 0 Å². The molecule has 0 saturated heterocycles. The fraction of sp³-hybridized carbons (Fsp3) is 1.00. The van der Waals surface area contributed by atoms with Crippen LogP contribution in [-0.4, -0.2) is 15.0 Å². The Balaban J connectivity index is 3.30. The molecular formula is C4H9ClO3S. The SMILES string of the molecule is CCCCOS(=O)(=O)Cl. The Labute approximate surface area is 59.6 Å². The molecule has 0 atom stereocenters. The maximum Gasteiger partial charge on any atom is 0.355 e. The molecule has 0 heterocycles. The van der Waals surface area contributed by atoms with Gasteiger partial charge < -0.3 is 0 Å². The highest BCUT2D eigenvalue weighted by molar-refractivity contribution is 8.09. The minimum atomic E-state index is -3.72. The van der Waals surface area contributed by atoms with E-state index in [1.807, 2.05) is 6.92 Å². The Kier molecular flexibility index (Phi) is 4.18. The molecule has 5 heteroatoms. The summed E-state index contributed by atoms with van der Waals surface area (Å²) in [6.45, 7) is 2.12. The van der Waals surface area contributed by atoms with Gasteiger partial charge in [-0.15, -0.1) is 0 Å². The van der Waals surface area contributed by atoms with Crippen molar-refractivity contribution in [1.82, 2.24) is 0 Å². The van der Waals surface area contributed by atoms with Gasteiger partial charge in [-0.3, -0.25) is 4.18 Å². The third kappa shape index (κ3) is 8.20. The number of hydrogen-bond acceptors (Lipinski definition) is 3. The van der Waals surface area contributed by atoms with Crippen molar-refractivity contribution in [3.63, 3.8) is 0 Å². The fourth-order valence-electron chi connectivity index (χ4n) is 0.303. The average Bonchev–Trinajstić information content (AvgIpc) is 1.63. The van der Waals surface area contributed by atoms with Crippen LogP contribution < -0.4 is 0 Å². The highest BCUT2D eigenvalue weighted by Gasteiger charge is 2.01. The number of hydrogen-bond donors (Lipinski definition) is 0. The van der Waals surface area contributed by atoms with Crippen LogP contribution >= 0.6 is 10.7 Å². The van der Waals surface area contributed by atoms with E-state index in [0.717, 1.165) is 6.42 Å². The topological polar surface area (TPSA) is 43.4 Å². The Hall–Kier alpha value is 0.200. The van der Waals surface area contributed by atoms with Crippen molar-refractivity contribution in [3.8, 4) is 0 Å². The maximum absolute atomic E-state index is 10.0. The van der Waals surface area contributed by atoms with Crippen LogP contribution in [0.25, 0.3) is 0 Å². The highest BCUT2D eigenvalue weighted by Crippen LogP contribution is 1.99. The number of halogens is 1. The van der Waals surface area contributed by atoms with Gasteiger partial charge >= 0.3 is 9.33 Å². The third-order valence-corrected chi connectivity index (χ3v) is 1.44. The summed E-state index contributed by atoms with van der Waals surface area (Å²) in [5.41, 5.74) is 0. The van der Waals surface area contributed by atoms with Crippen molar-refractivity contribution in [3.05, 3.63) is 0 Å². The van der Waals surface area contributed by atoms with Gasteiger partial charge in [-0.25, -0.2) is 0 Å². The number of rotatable bonds is 4. The molecule has 0 fully saturated rings. The lowest BCUT2D eigenvalue weighted by atomic mass is 10.4. The molecule has 0 aromatic rings. The van der Waals surface area contributed by atoms with Gasteiger partial charge in [-0.1, -0.05) is 13.3 Å². The minimum Gasteiger partial charge on any atom is -0.258 e. The first-order chi connectivity index (χ1) is 4.06. The molecule has 9 heavy (non-hydrogen) atoms. The van der Waals surface area contributed by atoms with E-state index in [1.165, 1.54) is 0 Å². The van der Waals surface area contributed by atoms with Gasteiger partial charge in [-0.2, -0.15) is 8.42 Å². The predicted molar refractivity (Wildman–Crippen MR) is 35.6 cm³/mol. The molecule has 0 radical (unpaired) electrons. The summed E-state index contributed by atoms with van der Waals surface area (Å²) >= 11 is 0. The Bertz CT molecular complexity index is 151. The summed E-state index contributed by atoms with van der Waals surface area (Å²) < 4.78 is 24.3. The normalized spacial score (nSPS) is 11.8. The molecule has 0 aromatic heterocycles. The van der Waals surface area contributed by atoms with Gasteiger partial charge in [0.1, 0.15) is 0 Å². The predicted octanol–water partition coefficient (Wildman–Crippen LogP) is 1.29. The van der Waals surface area contributed by atoms with Crippen LogP contribution in [0.3, 0.4) is 0 Å². The van der Waals surface area contributed by atoms with E-state index in [0.29, 0.717) is 6.42 Å². The molecule has 0 aliphatic heterocycles. The lowest BCUT2D eigenvalue weighted by Crippen LogP contribution is -1.98. The Morgan fingerprint density at radius 3 is 2.44 bits per heavy atom. The molecule has 3 nitrogen and oxygen atoms in total. The van der Waals surface area contributed by atoms with Crippen LogP contribution in [0.4, 0.5) is 0 Å². The van der Waals surface area contributed by atoms with Gasteiger partial charge in [0, 0.05) is 10.7 Å². The molecule has 0 amide bonds. The van der Waals surface area contributed by atoms with Crippen LogP contribution in [0.5, 0.6) is 0 Å². The zero-order chi connectivity index (χ0) is 7.33. The van der Waals surface area contributed by atoms with Crippen molar-refractivity contribution < 1.29 is 12.6 Å². The van der Waals surface area contributed by atoms with Crippen molar-refractivity contribution >= 4 is 20.0 Å². The molecule has 0 N–H and O–H groups in total. The summed E-state index contributed by atoms with van der Waals surface area (Å²) in [6.07, 6.45) is 1.61. The Morgan fingerprint density at radius 2 is 2.11 bits per heavy atom. The van der Waals surface area contributed by atoms with Crippen LogP contribution in [0.2, 0.25) is 0 Å². The van der Waals surface area contributed by atoms with E-state index in [2.05, 4.69) is 4.18 Å². The van der Waals surface area contributed by atoms with Crippen molar-refractivity contribution in [2.24, 2.45) is 0 Å². The van der Waals surface area contributed by atoms with E-state index in [-0.39, 0.29) is 6.61 Å². The quantitative estimate of drug-likeness (QED) is 0.474. The molecule has 56 valence electrons. The van der Waals surface area contributed by atoms with E-state index in [4.69, 9.17) is 10.7 Å². The van der Waals surface area contributed by atoms with E-state index in [9.17, 15) is 8.42 Å². The molecule has 0 aliphatic rings. The van der Waals surface area contributed by atoms with Gasteiger partial charge in [0.25, 0.3) is 0 Å². The fourth-order valence-corrected chi connectivity index (χ4v) is 0.809. The van der Waals surface area contributed by atoms with Crippen molar-refractivity contribution in [2.75, 3.05) is 6.61 Å². The highest BCUT2D eigenvalue weighted by atomic mass is 35.7. The standard InChI is InChI=1S/C4H9ClO3S/c1-2-3-4-8-9(5,6)7/h2-4H2,1H3. The molecule has 0 aromatic carbocycles. The molecule has 0 spiro atoms. The average molecular weight is 173 g/mol. The van der Waals surface area contributed by atoms with Crippen LogP contribution in [0, 0.1) is 0 Å². The number of unbranched alkanes of at least 4 members (excludes halogenated alkanes) is 1. The van der Waals surface area contributed by atoms with Gasteiger partial charge in [0.05, 0.1) is 6.61 Å². The first-order valence-corrected chi connectivity index (χ1v) is 4.88. The second-order valence-corrected chi connectivity index (χ2v) is 3.72. The summed E-state index contributed by atoms with van der Waals surface area (Å²) in [7, 11) is 0.995. The zero-order valence-corrected chi connectivity index (χ0v) is 6.70. The monoisotopic (exact) mass is 172 g/mol. The first-order valence-electron chi connectivity index (χ1n) is 2.65. The minimum absolute atomic E-state index is 0.183. The van der Waals surface area contributed by atoms with Gasteiger partial charge in [0.15, 0.2) is 0 Å². The smallest absolute Gasteiger partial charge is 0.258 e. The van der Waals surface area contributed by atoms with Crippen LogP contribution in [0.1, 0.15) is 19.8 Å². The van der Waals surface area contributed by atoms with E-state index < -0.39 is 9.33 Å². The second kappa shape index (κ2) is 4.09. The molecule has 0 aliphatic carbocycles. The lowest BCUT2D eigenvalue weighted by molar-refractivity contribution is 0.320. The lowest BCUT2D eigenvalue weighted by Gasteiger charge is -1.94. The van der Waals surface area contributed by atoms with E-state index in [1.54, 1.807) is 0 Å². The molecule has 0 unspecified atom stereocenters.